The van der Waals surface area contributed by atoms with Crippen LogP contribution in [0.25, 0.3) is 0 Å². The fourth-order valence-corrected chi connectivity index (χ4v) is 9.26. The molecule has 0 bridgehead atoms. The Labute approximate surface area is 366 Å². The number of carbonyl (C=O) groups is 3. The van der Waals surface area contributed by atoms with Gasteiger partial charge >= 0.3 is 11.9 Å². The van der Waals surface area contributed by atoms with Gasteiger partial charge in [0.05, 0.1) is 39.0 Å². The molecule has 62 heavy (non-hydrogen) atoms. The van der Waals surface area contributed by atoms with Crippen molar-refractivity contribution in [1.82, 2.24) is 20.3 Å². The zero-order valence-electron chi connectivity index (χ0n) is 35.8. The molecule has 7 N–H and O–H groups in total. The van der Waals surface area contributed by atoms with Crippen LogP contribution in [-0.4, -0.2) is 133 Å². The Balaban J connectivity index is 1.34. The number of carboxylic acids is 1. The Morgan fingerprint density at radius 2 is 1.77 bits per heavy atom. The molecule has 3 aliphatic rings. The van der Waals surface area contributed by atoms with Gasteiger partial charge in [0.1, 0.15) is 12.3 Å². The summed E-state index contributed by atoms with van der Waals surface area (Å²) >= 11 is 1.62. The highest BCUT2D eigenvalue weighted by atomic mass is 32.2. The highest BCUT2D eigenvalue weighted by Crippen LogP contribution is 2.51. The maximum absolute atomic E-state index is 15.0. The van der Waals surface area contributed by atoms with Gasteiger partial charge in [0, 0.05) is 36.6 Å². The number of likely N-dealkylation sites (N-methyl/N-ethyl adjacent to an activating group) is 1. The number of thioether (sulfide) groups is 1. The summed E-state index contributed by atoms with van der Waals surface area (Å²) in [5.41, 5.74) is 5.92. The number of phenolic OH excluding ortho intramolecular Hbond substituents is 1. The Morgan fingerprint density at radius 3 is 2.47 bits per heavy atom. The largest absolute Gasteiger partial charge is 0.507 e. The molecule has 3 heterocycles. The number of rotatable bonds is 21. The number of fused-ring (bicyclic) bond motifs is 1. The summed E-state index contributed by atoms with van der Waals surface area (Å²) in [6, 6.07) is 12.5. The van der Waals surface area contributed by atoms with E-state index in [1.54, 1.807) is 31.8 Å². The van der Waals surface area contributed by atoms with E-state index in [9.17, 15) is 34.8 Å². The number of nitrogens with two attached hydrogens (primary N) is 1. The fraction of sp³-hybridized carbons (Fsp3) is 0.568. The molecule has 3 aromatic rings. The first kappa shape index (κ1) is 47.1. The number of aromatic hydroxyl groups is 1. The minimum Gasteiger partial charge on any atom is -0.507 e. The van der Waals surface area contributed by atoms with E-state index in [1.165, 1.54) is 23.9 Å². The van der Waals surface area contributed by atoms with E-state index in [0.717, 1.165) is 49.1 Å². The van der Waals surface area contributed by atoms with E-state index in [2.05, 4.69) is 15.6 Å². The van der Waals surface area contributed by atoms with E-state index >= 15 is 0 Å². The van der Waals surface area contributed by atoms with Crippen LogP contribution in [0.4, 0.5) is 0 Å². The highest BCUT2D eigenvalue weighted by molar-refractivity contribution is 7.99. The molecule has 2 aliphatic heterocycles. The van der Waals surface area contributed by atoms with Gasteiger partial charge in [-0.1, -0.05) is 54.8 Å². The quantitative estimate of drug-likeness (QED) is 0.0662. The molecule has 18 heteroatoms. The number of aromatic nitrogens is 3. The average Bonchev–Trinajstić information content (AvgIpc) is 3.80. The van der Waals surface area contributed by atoms with Crippen molar-refractivity contribution in [2.75, 3.05) is 51.5 Å². The van der Waals surface area contributed by atoms with Gasteiger partial charge in [-0.2, -0.15) is 16.2 Å². The van der Waals surface area contributed by atoms with Crippen LogP contribution in [0.5, 0.6) is 5.75 Å². The van der Waals surface area contributed by atoms with Gasteiger partial charge in [-0.15, -0.1) is 5.10 Å². The smallest absolute Gasteiger partial charge is 0.364 e. The third-order valence-corrected chi connectivity index (χ3v) is 13.2. The topological polar surface area (TPSA) is 238 Å². The van der Waals surface area contributed by atoms with Crippen LogP contribution < -0.4 is 11.1 Å². The number of carbonyl (C=O) groups excluding carboxylic acids is 2. The number of quaternary nitrogens is 1. The van der Waals surface area contributed by atoms with Crippen LogP contribution >= 0.6 is 11.8 Å². The number of nitrogens with one attached hydrogen (secondary N) is 1. The molecule has 1 aliphatic carbocycles. The van der Waals surface area contributed by atoms with Gasteiger partial charge in [0.2, 0.25) is 0 Å². The van der Waals surface area contributed by atoms with Gasteiger partial charge in [0.25, 0.3) is 17.4 Å². The van der Waals surface area contributed by atoms with Gasteiger partial charge in [-0.3, -0.25) is 4.79 Å². The lowest BCUT2D eigenvalue weighted by atomic mass is 9.87. The second kappa shape index (κ2) is 20.9. The van der Waals surface area contributed by atoms with E-state index in [-0.39, 0.29) is 48.5 Å². The number of hydrogen-bond acceptors (Lipinski definition) is 14. The number of likely N-dealkylation sites (tertiary alicyclic amines) is 1. The summed E-state index contributed by atoms with van der Waals surface area (Å²) < 4.78 is 24.8. The van der Waals surface area contributed by atoms with E-state index in [0.29, 0.717) is 42.9 Å². The second-order valence-corrected chi connectivity index (χ2v) is 17.7. The molecule has 6 rings (SSSR count). The third kappa shape index (κ3) is 10.2. The highest BCUT2D eigenvalue weighted by Gasteiger charge is 2.74. The number of phenols is 1. The summed E-state index contributed by atoms with van der Waals surface area (Å²) in [6.45, 7) is 3.27. The molecule has 1 saturated carbocycles. The molecule has 1 aromatic heterocycles. The van der Waals surface area contributed by atoms with Crippen molar-refractivity contribution in [3.05, 3.63) is 88.1 Å². The first-order valence-corrected chi connectivity index (χ1v) is 22.5. The number of aliphatic hydroxyl groups is 2. The number of benzene rings is 2. The van der Waals surface area contributed by atoms with Gasteiger partial charge < -0.3 is 50.4 Å². The van der Waals surface area contributed by atoms with E-state index in [4.69, 9.17) is 24.7 Å². The minimum atomic E-state index is -2.55. The number of aryl methyl sites for hydroxylation is 2. The van der Waals surface area contributed by atoms with Crippen molar-refractivity contribution in [2.24, 2.45) is 5.73 Å². The van der Waals surface area contributed by atoms with Crippen molar-refractivity contribution in [2.45, 2.75) is 108 Å². The molecular formula is C44H61N6O11S+. The first-order valence-electron chi connectivity index (χ1n) is 21.3. The SMILES string of the molecule is Cc1cc(C(=O)NCC2(O)[C@@H](O)C3O[C@@](OCCCOCc4ccccc4)(C(=O)O)CC(OCCCSCCN)=C3[N+]2(C)C(=O)Cn2cc(C3CCCCC3)nn2)cc(C)c1O. The number of carboxylic acid groups (broad SMARTS) is 1. The normalized spacial score (nSPS) is 25.1. The summed E-state index contributed by atoms with van der Waals surface area (Å²) in [6.07, 6.45) is 3.58. The number of nitrogens with zero attached hydrogens (tertiary/aromatic N) is 4. The van der Waals surface area contributed by atoms with Crippen LogP contribution in [0.15, 0.2) is 60.1 Å². The maximum atomic E-state index is 15.0. The van der Waals surface area contributed by atoms with Crippen LogP contribution in [0.1, 0.15) is 90.0 Å². The predicted molar refractivity (Wildman–Crippen MR) is 228 cm³/mol. The summed E-state index contributed by atoms with van der Waals surface area (Å²) in [5.74, 6) is -3.59. The Morgan fingerprint density at radius 1 is 1.05 bits per heavy atom. The molecule has 0 radical (unpaired) electrons. The zero-order chi connectivity index (χ0) is 44.5. The number of aliphatic carboxylic acids is 1. The van der Waals surface area contributed by atoms with Gasteiger partial charge in [-0.05, 0) is 74.1 Å². The lowest BCUT2D eigenvalue weighted by Gasteiger charge is -2.42. The lowest BCUT2D eigenvalue weighted by Crippen LogP contribution is -2.69. The molecule has 1 saturated heterocycles. The monoisotopic (exact) mass is 881 g/mol. The standard InChI is InChI=1S/C44H60N6O11S/c1-29-22-33(23-30(2)38(29)52)41(54)46-28-43(57)40(53)39-37(50(43,3)36(51)26-49-25-34(47-48-49)32-14-8-5-9-15-32)35(59-18-11-20-62-21-16-45)24-44(61-39,42(55)56)60-19-10-17-58-27-31-12-6-4-7-13-31/h4,6-7,12-13,22-23,25,32,39-40,53,57H,5,8-11,14-21,24,26-28,45H2,1-3H3,(H2-,46,52,54,55,56)/p+1/t39?,40-,43?,44+,50?/m0/s1. The molecular weight excluding hydrogens is 821 g/mol. The average molecular weight is 882 g/mol. The van der Waals surface area contributed by atoms with E-state index in [1.807, 2.05) is 30.3 Å². The Kier molecular flexibility index (Phi) is 15.8. The molecule has 2 amide bonds. The fourth-order valence-electron chi connectivity index (χ4n) is 8.57. The number of ether oxygens (including phenoxy) is 4. The molecule has 2 fully saturated rings. The summed E-state index contributed by atoms with van der Waals surface area (Å²) in [4.78, 5) is 42.0. The van der Waals surface area contributed by atoms with Crippen molar-refractivity contribution in [1.29, 1.82) is 0 Å². The van der Waals surface area contributed by atoms with Crippen LogP contribution in [0, 0.1) is 13.8 Å². The molecule has 2 aromatic carbocycles. The maximum Gasteiger partial charge on any atom is 0.364 e. The minimum absolute atomic E-state index is 0.00350. The van der Waals surface area contributed by atoms with Crippen molar-refractivity contribution in [3.8, 4) is 5.75 Å². The lowest BCUT2D eigenvalue weighted by molar-refractivity contribution is -0.875. The molecule has 0 spiro atoms. The van der Waals surface area contributed by atoms with E-state index < -0.39 is 65.5 Å². The van der Waals surface area contributed by atoms with Crippen molar-refractivity contribution < 1.29 is 58.2 Å². The molecule has 17 nitrogen and oxygen atoms in total. The number of hydrogen-bond donors (Lipinski definition) is 6. The number of amides is 2. The van der Waals surface area contributed by atoms with Crippen LogP contribution in [0.3, 0.4) is 0 Å². The predicted octanol–water partition coefficient (Wildman–Crippen LogP) is 3.62. The van der Waals surface area contributed by atoms with Gasteiger partial charge in [-0.25, -0.2) is 14.3 Å². The number of aliphatic hydroxyl groups excluding tert-OH is 1. The second-order valence-electron chi connectivity index (χ2n) is 16.5. The molecule has 338 valence electrons. The summed E-state index contributed by atoms with van der Waals surface area (Å²) in [7, 11) is 1.39. The van der Waals surface area contributed by atoms with Crippen LogP contribution in [-0.2, 0) is 41.7 Å². The molecule has 3 unspecified atom stereocenters. The Hall–Kier alpha value is -4.40. The molecule has 5 atom stereocenters. The Bertz CT molecular complexity index is 2040. The first-order chi connectivity index (χ1) is 29.7. The van der Waals surface area contributed by atoms with Crippen molar-refractivity contribution in [3.63, 3.8) is 0 Å². The third-order valence-electron chi connectivity index (χ3n) is 12.1. The van der Waals surface area contributed by atoms with Crippen LogP contribution in [0.2, 0.25) is 0 Å². The summed E-state index contributed by atoms with van der Waals surface area (Å²) in [5, 5.41) is 57.6. The van der Waals surface area contributed by atoms with Crippen molar-refractivity contribution >= 4 is 29.5 Å². The van der Waals surface area contributed by atoms with Gasteiger partial charge in [0.15, 0.2) is 30.2 Å². The zero-order valence-corrected chi connectivity index (χ0v) is 36.6.